The Kier molecular flexibility index (Phi) is 4.53. The van der Waals surface area contributed by atoms with E-state index in [1.54, 1.807) is 12.3 Å². The van der Waals surface area contributed by atoms with Crippen LogP contribution in [-0.4, -0.2) is 23.4 Å². The zero-order valence-corrected chi connectivity index (χ0v) is 11.9. The summed E-state index contributed by atoms with van der Waals surface area (Å²) in [5.74, 6) is 0. The zero-order chi connectivity index (χ0) is 14.5. The van der Waals surface area contributed by atoms with Gasteiger partial charge in [-0.2, -0.15) is 5.10 Å². The SMILES string of the molecule is CCN(C)c1cnn(CC(N)c2ccccc2)c(=O)c1. The Hall–Kier alpha value is -2.14. The number of nitrogens with zero attached hydrogens (tertiary/aromatic N) is 3. The molecule has 0 aliphatic rings. The zero-order valence-electron chi connectivity index (χ0n) is 11.9. The average Bonchev–Trinajstić information content (AvgIpc) is 2.49. The van der Waals surface area contributed by atoms with Crippen molar-refractivity contribution < 1.29 is 0 Å². The van der Waals surface area contributed by atoms with Gasteiger partial charge in [0.1, 0.15) is 0 Å². The molecule has 2 aromatic rings. The first-order valence-electron chi connectivity index (χ1n) is 6.70. The lowest BCUT2D eigenvalue weighted by atomic mass is 10.1. The van der Waals surface area contributed by atoms with Crippen molar-refractivity contribution in [3.05, 3.63) is 58.5 Å². The fourth-order valence-corrected chi connectivity index (χ4v) is 1.94. The molecule has 5 heteroatoms. The minimum absolute atomic E-state index is 0.130. The summed E-state index contributed by atoms with van der Waals surface area (Å²) in [6, 6.07) is 11.1. The molecule has 5 nitrogen and oxygen atoms in total. The van der Waals surface area contributed by atoms with E-state index in [1.165, 1.54) is 4.68 Å². The second-order valence-corrected chi connectivity index (χ2v) is 4.77. The van der Waals surface area contributed by atoms with E-state index in [4.69, 9.17) is 5.73 Å². The molecule has 1 unspecified atom stereocenters. The quantitative estimate of drug-likeness (QED) is 0.893. The molecule has 20 heavy (non-hydrogen) atoms. The highest BCUT2D eigenvalue weighted by Gasteiger charge is 2.09. The van der Waals surface area contributed by atoms with E-state index < -0.39 is 0 Å². The molecule has 2 rings (SSSR count). The molecule has 1 atom stereocenters. The number of hydrogen-bond acceptors (Lipinski definition) is 4. The first-order valence-corrected chi connectivity index (χ1v) is 6.70. The summed E-state index contributed by atoms with van der Waals surface area (Å²) in [4.78, 5) is 14.0. The second kappa shape index (κ2) is 6.34. The number of hydrogen-bond donors (Lipinski definition) is 1. The number of nitrogens with two attached hydrogens (primary N) is 1. The summed E-state index contributed by atoms with van der Waals surface area (Å²) >= 11 is 0. The fraction of sp³-hybridized carbons (Fsp3) is 0.333. The number of benzene rings is 1. The lowest BCUT2D eigenvalue weighted by Gasteiger charge is -2.17. The van der Waals surface area contributed by atoms with Gasteiger partial charge in [-0.05, 0) is 12.5 Å². The van der Waals surface area contributed by atoms with E-state index in [2.05, 4.69) is 5.10 Å². The predicted molar refractivity (Wildman–Crippen MR) is 80.8 cm³/mol. The topological polar surface area (TPSA) is 64.2 Å². The molecular weight excluding hydrogens is 252 g/mol. The van der Waals surface area contributed by atoms with Crippen molar-refractivity contribution in [3.63, 3.8) is 0 Å². The van der Waals surface area contributed by atoms with E-state index in [-0.39, 0.29) is 11.6 Å². The minimum atomic E-state index is -0.240. The van der Waals surface area contributed by atoms with Gasteiger partial charge in [0.05, 0.1) is 18.4 Å². The first kappa shape index (κ1) is 14.3. The first-order chi connectivity index (χ1) is 9.61. The Morgan fingerprint density at radius 3 is 2.65 bits per heavy atom. The molecule has 0 radical (unpaired) electrons. The Morgan fingerprint density at radius 2 is 2.05 bits per heavy atom. The maximum atomic E-state index is 12.0. The Balaban J connectivity index is 2.16. The highest BCUT2D eigenvalue weighted by molar-refractivity contribution is 5.41. The molecule has 0 fully saturated rings. The third-order valence-electron chi connectivity index (χ3n) is 3.37. The molecule has 0 saturated heterocycles. The summed E-state index contributed by atoms with van der Waals surface area (Å²) in [6.45, 7) is 3.23. The normalized spacial score (nSPS) is 12.2. The van der Waals surface area contributed by atoms with Crippen LogP contribution >= 0.6 is 0 Å². The maximum absolute atomic E-state index is 12.0. The van der Waals surface area contributed by atoms with Crippen molar-refractivity contribution in [1.29, 1.82) is 0 Å². The van der Waals surface area contributed by atoms with Crippen LogP contribution in [0.2, 0.25) is 0 Å². The van der Waals surface area contributed by atoms with E-state index in [9.17, 15) is 4.79 Å². The van der Waals surface area contributed by atoms with Crippen molar-refractivity contribution in [1.82, 2.24) is 9.78 Å². The van der Waals surface area contributed by atoms with Gasteiger partial charge < -0.3 is 10.6 Å². The highest BCUT2D eigenvalue weighted by Crippen LogP contribution is 2.11. The van der Waals surface area contributed by atoms with E-state index >= 15 is 0 Å². The van der Waals surface area contributed by atoms with E-state index in [1.807, 2.05) is 49.2 Å². The van der Waals surface area contributed by atoms with Crippen molar-refractivity contribution in [2.45, 2.75) is 19.5 Å². The van der Waals surface area contributed by atoms with Crippen molar-refractivity contribution in [2.24, 2.45) is 5.73 Å². The summed E-state index contributed by atoms with van der Waals surface area (Å²) < 4.78 is 1.41. The van der Waals surface area contributed by atoms with Crippen molar-refractivity contribution >= 4 is 5.69 Å². The molecule has 0 amide bonds. The summed E-state index contributed by atoms with van der Waals surface area (Å²) in [6.07, 6.45) is 1.70. The molecule has 0 saturated carbocycles. The van der Waals surface area contributed by atoms with Gasteiger partial charge in [-0.3, -0.25) is 4.79 Å². The smallest absolute Gasteiger partial charge is 0.268 e. The standard InChI is InChI=1S/C15H20N4O/c1-3-18(2)13-9-15(20)19(17-10-13)11-14(16)12-7-5-4-6-8-12/h4-10,14H,3,11,16H2,1-2H3. The maximum Gasteiger partial charge on any atom is 0.268 e. The lowest BCUT2D eigenvalue weighted by molar-refractivity contribution is 0.503. The number of rotatable bonds is 5. The number of anilines is 1. The van der Waals surface area contributed by atoms with Crippen LogP contribution in [0.1, 0.15) is 18.5 Å². The summed E-state index contributed by atoms with van der Waals surface area (Å²) in [5.41, 5.74) is 7.80. The van der Waals surface area contributed by atoms with Gasteiger partial charge in [-0.1, -0.05) is 30.3 Å². The Morgan fingerprint density at radius 1 is 1.35 bits per heavy atom. The molecule has 2 N–H and O–H groups in total. The summed E-state index contributed by atoms with van der Waals surface area (Å²) in [5, 5.41) is 4.20. The monoisotopic (exact) mass is 272 g/mol. The molecule has 1 aromatic heterocycles. The molecule has 0 aliphatic carbocycles. The second-order valence-electron chi connectivity index (χ2n) is 4.77. The molecule has 0 aliphatic heterocycles. The van der Waals surface area contributed by atoms with Crippen molar-refractivity contribution in [3.8, 4) is 0 Å². The summed E-state index contributed by atoms with van der Waals surface area (Å²) in [7, 11) is 1.93. The van der Waals surface area contributed by atoms with Crippen LogP contribution in [0.4, 0.5) is 5.69 Å². The van der Waals surface area contributed by atoms with Crippen LogP contribution in [0.25, 0.3) is 0 Å². The minimum Gasteiger partial charge on any atom is -0.373 e. The molecule has 1 aromatic carbocycles. The third-order valence-corrected chi connectivity index (χ3v) is 3.37. The fourth-order valence-electron chi connectivity index (χ4n) is 1.94. The lowest BCUT2D eigenvalue weighted by Crippen LogP contribution is -2.29. The Labute approximate surface area is 118 Å². The van der Waals surface area contributed by atoms with E-state index in [0.29, 0.717) is 6.54 Å². The van der Waals surface area contributed by atoms with Crippen molar-refractivity contribution in [2.75, 3.05) is 18.5 Å². The van der Waals surface area contributed by atoms with Crippen LogP contribution in [0.3, 0.4) is 0 Å². The molecule has 0 spiro atoms. The predicted octanol–water partition coefficient (Wildman–Crippen LogP) is 1.40. The van der Waals surface area contributed by atoms with Crippen LogP contribution < -0.4 is 16.2 Å². The third kappa shape index (κ3) is 3.24. The highest BCUT2D eigenvalue weighted by atomic mass is 16.1. The van der Waals surface area contributed by atoms with E-state index in [0.717, 1.165) is 17.8 Å². The van der Waals surface area contributed by atoms with Gasteiger partial charge >= 0.3 is 0 Å². The number of aromatic nitrogens is 2. The van der Waals surface area contributed by atoms with Gasteiger partial charge in [0, 0.05) is 25.7 Å². The van der Waals surface area contributed by atoms with Crippen LogP contribution in [0, 0.1) is 0 Å². The molecule has 0 bridgehead atoms. The van der Waals surface area contributed by atoms with Crippen LogP contribution in [0.5, 0.6) is 0 Å². The van der Waals surface area contributed by atoms with Gasteiger partial charge in [-0.25, -0.2) is 4.68 Å². The van der Waals surface area contributed by atoms with Crippen LogP contribution in [-0.2, 0) is 6.54 Å². The molecule has 106 valence electrons. The van der Waals surface area contributed by atoms with Gasteiger partial charge in [-0.15, -0.1) is 0 Å². The largest absolute Gasteiger partial charge is 0.373 e. The Bertz CT molecular complexity index is 609. The molecular formula is C15H20N4O. The average molecular weight is 272 g/mol. The van der Waals surface area contributed by atoms with Gasteiger partial charge in [0.25, 0.3) is 5.56 Å². The van der Waals surface area contributed by atoms with Gasteiger partial charge in [0.15, 0.2) is 0 Å². The van der Waals surface area contributed by atoms with Gasteiger partial charge in [0.2, 0.25) is 0 Å². The van der Waals surface area contributed by atoms with Crippen LogP contribution in [0.15, 0.2) is 47.4 Å². The molecule has 1 heterocycles.